The van der Waals surface area contributed by atoms with E-state index in [0.717, 1.165) is 0 Å². The fraction of sp³-hybridized carbons (Fsp3) is 0.273. The fourth-order valence-corrected chi connectivity index (χ4v) is 1.21. The lowest BCUT2D eigenvalue weighted by Gasteiger charge is -2.15. The molecule has 7 nitrogen and oxygen atoms in total. The molecule has 1 heterocycles. The fourth-order valence-electron chi connectivity index (χ4n) is 1.21. The van der Waals surface area contributed by atoms with Crippen LogP contribution >= 0.6 is 0 Å². The summed E-state index contributed by atoms with van der Waals surface area (Å²) in [7, 11) is 0. The van der Waals surface area contributed by atoms with E-state index in [1.165, 1.54) is 12.3 Å². The monoisotopic (exact) mass is 252 g/mol. The van der Waals surface area contributed by atoms with E-state index in [1.54, 1.807) is 12.1 Å². The number of carbonyl (C=O) groups is 3. The van der Waals surface area contributed by atoms with Crippen molar-refractivity contribution in [1.29, 1.82) is 0 Å². The molecule has 0 fully saturated rings. The molecule has 1 rings (SSSR count). The average Bonchev–Trinajstić information content (AvgIpc) is 2.37. The van der Waals surface area contributed by atoms with Gasteiger partial charge in [0.25, 0.3) is 12.4 Å². The number of ether oxygens (including phenoxy) is 1. The van der Waals surface area contributed by atoms with Crippen LogP contribution in [0.4, 0.5) is 0 Å². The highest BCUT2D eigenvalue weighted by Gasteiger charge is 2.16. The first-order valence-corrected chi connectivity index (χ1v) is 5.16. The van der Waals surface area contributed by atoms with Gasteiger partial charge < -0.3 is 15.2 Å². The van der Waals surface area contributed by atoms with Gasteiger partial charge in [-0.25, -0.2) is 0 Å². The number of amides is 1. The van der Waals surface area contributed by atoms with E-state index in [0.29, 0.717) is 0 Å². The molecule has 7 heteroatoms. The van der Waals surface area contributed by atoms with Crippen molar-refractivity contribution in [3.63, 3.8) is 0 Å². The predicted octanol–water partition coefficient (Wildman–Crippen LogP) is 0.175. The second kappa shape index (κ2) is 7.00. The normalized spacial score (nSPS) is 11.3. The lowest BCUT2D eigenvalue weighted by atomic mass is 10.2. The van der Waals surface area contributed by atoms with Crippen LogP contribution in [0.3, 0.4) is 0 Å². The van der Waals surface area contributed by atoms with E-state index >= 15 is 0 Å². The topological polar surface area (TPSA) is 106 Å². The SMILES string of the molecule is O=CO[C@@H](CCC(=O)O)NC(=O)c1ccccn1. The summed E-state index contributed by atoms with van der Waals surface area (Å²) in [6.07, 6.45) is 0.239. The number of aliphatic carboxylic acids is 1. The molecule has 1 amide bonds. The van der Waals surface area contributed by atoms with Crippen LogP contribution in [0.5, 0.6) is 0 Å². The molecule has 0 unspecified atom stereocenters. The minimum absolute atomic E-state index is 0.00729. The first-order chi connectivity index (χ1) is 8.63. The number of aromatic nitrogens is 1. The molecule has 0 aliphatic heterocycles. The van der Waals surface area contributed by atoms with Crippen molar-refractivity contribution in [3.05, 3.63) is 30.1 Å². The van der Waals surface area contributed by atoms with Crippen LogP contribution in [-0.2, 0) is 14.3 Å². The third-order valence-corrected chi connectivity index (χ3v) is 2.03. The first-order valence-electron chi connectivity index (χ1n) is 5.16. The van der Waals surface area contributed by atoms with Crippen LogP contribution in [0.15, 0.2) is 24.4 Å². The first kappa shape index (κ1) is 13.6. The summed E-state index contributed by atoms with van der Waals surface area (Å²) in [4.78, 5) is 36.1. The van der Waals surface area contributed by atoms with Crippen molar-refractivity contribution in [2.75, 3.05) is 0 Å². The van der Waals surface area contributed by atoms with E-state index < -0.39 is 18.1 Å². The van der Waals surface area contributed by atoms with E-state index in [9.17, 15) is 14.4 Å². The lowest BCUT2D eigenvalue weighted by Crippen LogP contribution is -2.37. The van der Waals surface area contributed by atoms with Gasteiger partial charge in [0.05, 0.1) is 6.42 Å². The summed E-state index contributed by atoms with van der Waals surface area (Å²) in [5.74, 6) is -1.57. The molecule has 1 aromatic rings. The minimum atomic E-state index is -1.04. The third kappa shape index (κ3) is 4.60. The quantitative estimate of drug-likeness (QED) is 0.529. The van der Waals surface area contributed by atoms with Gasteiger partial charge in [-0.3, -0.25) is 19.4 Å². The van der Waals surface area contributed by atoms with Gasteiger partial charge in [-0.15, -0.1) is 0 Å². The Morgan fingerprint density at radius 2 is 2.28 bits per heavy atom. The zero-order chi connectivity index (χ0) is 13.4. The maximum Gasteiger partial charge on any atom is 0.303 e. The number of nitrogens with one attached hydrogen (secondary N) is 1. The second-order valence-electron chi connectivity index (χ2n) is 3.34. The molecule has 0 saturated heterocycles. The molecule has 0 saturated carbocycles. The van der Waals surface area contributed by atoms with Gasteiger partial charge in [0, 0.05) is 12.6 Å². The Hall–Kier alpha value is -2.44. The Bertz CT molecular complexity index is 421. The van der Waals surface area contributed by atoms with Crippen molar-refractivity contribution in [3.8, 4) is 0 Å². The molecular weight excluding hydrogens is 240 g/mol. The third-order valence-electron chi connectivity index (χ3n) is 2.03. The second-order valence-corrected chi connectivity index (χ2v) is 3.34. The van der Waals surface area contributed by atoms with Crippen LogP contribution in [0.25, 0.3) is 0 Å². The van der Waals surface area contributed by atoms with Gasteiger partial charge in [-0.2, -0.15) is 0 Å². The van der Waals surface area contributed by atoms with Gasteiger partial charge in [0.1, 0.15) is 5.69 Å². The van der Waals surface area contributed by atoms with Gasteiger partial charge in [-0.05, 0) is 12.1 Å². The Kier molecular flexibility index (Phi) is 5.30. The number of carbonyl (C=O) groups excluding carboxylic acids is 2. The molecule has 0 aliphatic rings. The smallest absolute Gasteiger partial charge is 0.303 e. The molecule has 96 valence electrons. The van der Waals surface area contributed by atoms with Crippen molar-refractivity contribution in [2.24, 2.45) is 0 Å². The highest BCUT2D eigenvalue weighted by molar-refractivity contribution is 5.92. The maximum atomic E-state index is 11.7. The number of rotatable bonds is 7. The molecule has 0 spiro atoms. The molecule has 1 atom stereocenters. The van der Waals surface area contributed by atoms with Gasteiger partial charge in [-0.1, -0.05) is 6.07 Å². The van der Waals surface area contributed by atoms with Crippen molar-refractivity contribution in [2.45, 2.75) is 19.1 Å². The molecule has 0 aliphatic carbocycles. The van der Waals surface area contributed by atoms with Crippen molar-refractivity contribution in [1.82, 2.24) is 10.3 Å². The summed E-state index contributed by atoms with van der Waals surface area (Å²) in [6.45, 7) is 0.158. The lowest BCUT2D eigenvalue weighted by molar-refractivity contribution is -0.141. The summed E-state index contributed by atoms with van der Waals surface area (Å²) < 4.78 is 4.58. The zero-order valence-electron chi connectivity index (χ0n) is 9.41. The number of carboxylic acids is 1. The molecule has 2 N–H and O–H groups in total. The van der Waals surface area contributed by atoms with Crippen LogP contribution in [0, 0.1) is 0 Å². The summed E-state index contributed by atoms with van der Waals surface area (Å²) in [5.41, 5.74) is 0.160. The van der Waals surface area contributed by atoms with Crippen LogP contribution < -0.4 is 5.32 Å². The number of carboxylic acid groups (broad SMARTS) is 1. The van der Waals surface area contributed by atoms with E-state index in [-0.39, 0.29) is 25.0 Å². The Balaban J connectivity index is 2.57. The average molecular weight is 252 g/mol. The molecule has 1 aromatic heterocycles. The molecular formula is C11H12N2O5. The van der Waals surface area contributed by atoms with Crippen molar-refractivity contribution < 1.29 is 24.2 Å². The molecule has 0 aromatic carbocycles. The minimum Gasteiger partial charge on any atom is -0.481 e. The zero-order valence-corrected chi connectivity index (χ0v) is 9.41. The van der Waals surface area contributed by atoms with E-state index in [4.69, 9.17) is 5.11 Å². The summed E-state index contributed by atoms with van der Waals surface area (Å²) in [5, 5.41) is 10.9. The number of hydrogen-bond donors (Lipinski definition) is 2. The highest BCUT2D eigenvalue weighted by Crippen LogP contribution is 2.01. The number of pyridine rings is 1. The molecule has 0 radical (unpaired) electrons. The van der Waals surface area contributed by atoms with Gasteiger partial charge in [0.15, 0.2) is 6.23 Å². The standard InChI is InChI=1S/C11H12N2O5/c14-7-18-9(4-5-10(15)16)13-11(17)8-3-1-2-6-12-8/h1-3,6-7,9H,4-5H2,(H,13,17)(H,15,16)/t9-/m0/s1. The van der Waals surface area contributed by atoms with Crippen LogP contribution in [-0.4, -0.2) is 34.7 Å². The Morgan fingerprint density at radius 1 is 1.50 bits per heavy atom. The largest absolute Gasteiger partial charge is 0.481 e. The van der Waals surface area contributed by atoms with E-state index in [2.05, 4.69) is 15.0 Å². The molecule has 0 bridgehead atoms. The van der Waals surface area contributed by atoms with E-state index in [1.807, 2.05) is 0 Å². The summed E-state index contributed by atoms with van der Waals surface area (Å²) >= 11 is 0. The Morgan fingerprint density at radius 3 is 2.83 bits per heavy atom. The van der Waals surface area contributed by atoms with Gasteiger partial charge >= 0.3 is 5.97 Å². The van der Waals surface area contributed by atoms with Crippen LogP contribution in [0.1, 0.15) is 23.3 Å². The number of hydrogen-bond acceptors (Lipinski definition) is 5. The van der Waals surface area contributed by atoms with Gasteiger partial charge in [0.2, 0.25) is 0 Å². The highest BCUT2D eigenvalue weighted by atomic mass is 16.5. The number of nitrogens with zero attached hydrogens (tertiary/aromatic N) is 1. The maximum absolute atomic E-state index is 11.7. The summed E-state index contributed by atoms with van der Waals surface area (Å²) in [6, 6.07) is 4.78. The van der Waals surface area contributed by atoms with Crippen molar-refractivity contribution >= 4 is 18.3 Å². The molecule has 18 heavy (non-hydrogen) atoms. The Labute approximate surface area is 103 Å². The predicted molar refractivity (Wildman–Crippen MR) is 59.5 cm³/mol. The van der Waals surface area contributed by atoms with Crippen LogP contribution in [0.2, 0.25) is 0 Å².